The molecule has 0 aliphatic carbocycles. The molecule has 4 nitrogen and oxygen atoms in total. The number of phenolic OH excluding ortho intramolecular Hbond substituents is 1. The first-order valence-electron chi connectivity index (χ1n) is 4.44. The summed E-state index contributed by atoms with van der Waals surface area (Å²) < 4.78 is 4.95. The molecule has 1 N–H and O–H groups in total. The number of hydrogen-bond acceptors (Lipinski definition) is 4. The second-order valence-electron chi connectivity index (χ2n) is 2.98. The van der Waals surface area contributed by atoms with Crippen LogP contribution in [0.1, 0.15) is 0 Å². The van der Waals surface area contributed by atoms with E-state index in [1.54, 1.807) is 30.7 Å². The molecule has 0 spiro atoms. The van der Waals surface area contributed by atoms with Crippen LogP contribution in [0, 0.1) is 0 Å². The van der Waals surface area contributed by atoms with Gasteiger partial charge in [-0.2, -0.15) is 0 Å². The molecular weight excluding hydrogens is 192 g/mol. The third-order valence-electron chi connectivity index (χ3n) is 2.04. The summed E-state index contributed by atoms with van der Waals surface area (Å²) in [5.74, 6) is 0.545. The minimum Gasteiger partial charge on any atom is -0.504 e. The molecule has 0 radical (unpaired) electrons. The van der Waals surface area contributed by atoms with Gasteiger partial charge in [0, 0.05) is 18.0 Å². The molecule has 0 atom stereocenters. The van der Waals surface area contributed by atoms with Crippen LogP contribution >= 0.6 is 0 Å². The number of methoxy groups -OCH3 is 1. The quantitative estimate of drug-likeness (QED) is 0.807. The molecule has 0 aliphatic heterocycles. The maximum atomic E-state index is 9.58. The van der Waals surface area contributed by atoms with E-state index in [-0.39, 0.29) is 5.75 Å². The average Bonchev–Trinajstić information content (AvgIpc) is 2.30. The lowest BCUT2D eigenvalue weighted by Gasteiger charge is -2.05. The van der Waals surface area contributed by atoms with E-state index in [2.05, 4.69) is 9.97 Å². The van der Waals surface area contributed by atoms with Crippen molar-refractivity contribution in [2.75, 3.05) is 7.11 Å². The molecule has 0 fully saturated rings. The predicted octanol–water partition coefficient (Wildman–Crippen LogP) is 1.86. The molecule has 0 aliphatic rings. The van der Waals surface area contributed by atoms with Gasteiger partial charge in [0.05, 0.1) is 19.0 Å². The van der Waals surface area contributed by atoms with Gasteiger partial charge in [-0.1, -0.05) is 0 Å². The van der Waals surface area contributed by atoms with Crippen molar-refractivity contribution < 1.29 is 9.84 Å². The molecule has 76 valence electrons. The van der Waals surface area contributed by atoms with E-state index in [0.717, 1.165) is 11.3 Å². The molecule has 0 bridgehead atoms. The fourth-order valence-corrected chi connectivity index (χ4v) is 1.30. The van der Waals surface area contributed by atoms with Crippen LogP contribution in [-0.4, -0.2) is 22.2 Å². The second-order valence-corrected chi connectivity index (χ2v) is 2.98. The van der Waals surface area contributed by atoms with Gasteiger partial charge in [0.1, 0.15) is 0 Å². The molecule has 0 amide bonds. The first-order valence-corrected chi connectivity index (χ1v) is 4.44. The molecule has 4 heteroatoms. The van der Waals surface area contributed by atoms with Crippen LogP contribution in [0.2, 0.25) is 0 Å². The molecular formula is C11H10N2O2. The van der Waals surface area contributed by atoms with E-state index in [4.69, 9.17) is 4.74 Å². The van der Waals surface area contributed by atoms with Gasteiger partial charge in [-0.15, -0.1) is 0 Å². The van der Waals surface area contributed by atoms with Crippen LogP contribution in [0.3, 0.4) is 0 Å². The van der Waals surface area contributed by atoms with Crippen LogP contribution < -0.4 is 4.74 Å². The normalized spacial score (nSPS) is 9.93. The van der Waals surface area contributed by atoms with Gasteiger partial charge < -0.3 is 9.84 Å². The third-order valence-corrected chi connectivity index (χ3v) is 2.04. The van der Waals surface area contributed by atoms with Crippen molar-refractivity contribution in [1.29, 1.82) is 0 Å². The Kier molecular flexibility index (Phi) is 2.49. The minimum atomic E-state index is 0.0978. The third kappa shape index (κ3) is 1.88. The van der Waals surface area contributed by atoms with E-state index in [1.165, 1.54) is 7.11 Å². The second kappa shape index (κ2) is 3.96. The monoisotopic (exact) mass is 202 g/mol. The Morgan fingerprint density at radius 3 is 2.73 bits per heavy atom. The maximum Gasteiger partial charge on any atom is 0.160 e. The van der Waals surface area contributed by atoms with E-state index in [0.29, 0.717) is 5.75 Å². The van der Waals surface area contributed by atoms with Crippen LogP contribution in [0.5, 0.6) is 11.5 Å². The van der Waals surface area contributed by atoms with Crippen molar-refractivity contribution in [3.8, 4) is 22.8 Å². The number of benzene rings is 1. The summed E-state index contributed by atoms with van der Waals surface area (Å²) >= 11 is 0. The lowest BCUT2D eigenvalue weighted by molar-refractivity contribution is 0.373. The Morgan fingerprint density at radius 2 is 2.13 bits per heavy atom. The smallest absolute Gasteiger partial charge is 0.160 e. The number of rotatable bonds is 2. The highest BCUT2D eigenvalue weighted by atomic mass is 16.5. The lowest BCUT2D eigenvalue weighted by atomic mass is 10.1. The number of hydrogen-bond donors (Lipinski definition) is 1. The van der Waals surface area contributed by atoms with Crippen LogP contribution in [0.4, 0.5) is 0 Å². The van der Waals surface area contributed by atoms with Gasteiger partial charge in [0.15, 0.2) is 11.5 Å². The number of aromatic hydroxyl groups is 1. The zero-order valence-corrected chi connectivity index (χ0v) is 8.21. The summed E-state index contributed by atoms with van der Waals surface area (Å²) in [4.78, 5) is 8.09. The predicted molar refractivity (Wildman–Crippen MR) is 55.7 cm³/mol. The lowest BCUT2D eigenvalue weighted by Crippen LogP contribution is -1.86. The molecule has 2 aromatic rings. The van der Waals surface area contributed by atoms with Crippen molar-refractivity contribution in [3.63, 3.8) is 0 Å². The SMILES string of the molecule is COc1ccc(-c2cnccn2)cc1O. The van der Waals surface area contributed by atoms with Crippen molar-refractivity contribution in [1.82, 2.24) is 9.97 Å². The number of aromatic nitrogens is 2. The topological polar surface area (TPSA) is 55.2 Å². The summed E-state index contributed by atoms with van der Waals surface area (Å²) in [7, 11) is 1.51. The van der Waals surface area contributed by atoms with Crippen molar-refractivity contribution in [2.24, 2.45) is 0 Å². The largest absolute Gasteiger partial charge is 0.504 e. The molecule has 1 aromatic carbocycles. The van der Waals surface area contributed by atoms with Gasteiger partial charge >= 0.3 is 0 Å². The molecule has 15 heavy (non-hydrogen) atoms. The minimum absolute atomic E-state index is 0.0978. The standard InChI is InChI=1S/C11H10N2O2/c1-15-11-3-2-8(6-10(11)14)9-7-12-4-5-13-9/h2-7,14H,1H3. The number of ether oxygens (including phenoxy) is 1. The van der Waals surface area contributed by atoms with Crippen LogP contribution in [0.25, 0.3) is 11.3 Å². The number of phenols is 1. The Hall–Kier alpha value is -2.10. The highest BCUT2D eigenvalue weighted by Gasteiger charge is 2.04. The molecule has 0 saturated heterocycles. The molecule has 1 aromatic heterocycles. The maximum absolute atomic E-state index is 9.58. The zero-order valence-electron chi connectivity index (χ0n) is 8.21. The first-order chi connectivity index (χ1) is 7.31. The van der Waals surface area contributed by atoms with E-state index in [1.807, 2.05) is 6.07 Å². The van der Waals surface area contributed by atoms with Crippen molar-refractivity contribution in [2.45, 2.75) is 0 Å². The van der Waals surface area contributed by atoms with Crippen molar-refractivity contribution in [3.05, 3.63) is 36.8 Å². The first kappa shape index (κ1) is 9.45. The summed E-state index contributed by atoms with van der Waals surface area (Å²) in [5.41, 5.74) is 1.52. The van der Waals surface area contributed by atoms with E-state index < -0.39 is 0 Å². The van der Waals surface area contributed by atoms with E-state index >= 15 is 0 Å². The summed E-state index contributed by atoms with van der Waals surface area (Å²) in [6.45, 7) is 0. The van der Waals surface area contributed by atoms with Gasteiger partial charge in [0.25, 0.3) is 0 Å². The summed E-state index contributed by atoms with van der Waals surface area (Å²) in [6, 6.07) is 5.12. The van der Waals surface area contributed by atoms with E-state index in [9.17, 15) is 5.11 Å². The Morgan fingerprint density at radius 1 is 1.27 bits per heavy atom. The summed E-state index contributed by atoms with van der Waals surface area (Å²) in [6.07, 6.45) is 4.85. The van der Waals surface area contributed by atoms with Gasteiger partial charge in [-0.25, -0.2) is 0 Å². The fraction of sp³-hybridized carbons (Fsp3) is 0.0909. The van der Waals surface area contributed by atoms with Crippen LogP contribution in [-0.2, 0) is 0 Å². The Bertz CT molecular complexity index is 457. The Labute approximate surface area is 87.2 Å². The number of nitrogens with zero attached hydrogens (tertiary/aromatic N) is 2. The molecule has 0 unspecified atom stereocenters. The Balaban J connectivity index is 2.43. The fourth-order valence-electron chi connectivity index (χ4n) is 1.30. The highest BCUT2D eigenvalue weighted by Crippen LogP contribution is 2.29. The summed E-state index contributed by atoms with van der Waals surface area (Å²) in [5, 5.41) is 9.58. The molecule has 0 saturated carbocycles. The van der Waals surface area contributed by atoms with Gasteiger partial charge in [-0.05, 0) is 18.2 Å². The van der Waals surface area contributed by atoms with Gasteiger partial charge in [-0.3, -0.25) is 9.97 Å². The average molecular weight is 202 g/mol. The van der Waals surface area contributed by atoms with Gasteiger partial charge in [0.2, 0.25) is 0 Å². The van der Waals surface area contributed by atoms with Crippen molar-refractivity contribution >= 4 is 0 Å². The van der Waals surface area contributed by atoms with Crippen LogP contribution in [0.15, 0.2) is 36.8 Å². The highest BCUT2D eigenvalue weighted by molar-refractivity contribution is 5.62. The zero-order chi connectivity index (χ0) is 10.7. The molecule has 1 heterocycles. The molecule has 2 rings (SSSR count).